The summed E-state index contributed by atoms with van der Waals surface area (Å²) in [6.45, 7) is 6.28. The van der Waals surface area contributed by atoms with Gasteiger partial charge >= 0.3 is 5.97 Å². The van der Waals surface area contributed by atoms with E-state index in [1.165, 1.54) is 6.26 Å². The molecule has 0 fully saturated rings. The van der Waals surface area contributed by atoms with Gasteiger partial charge in [-0.1, -0.05) is 0 Å². The van der Waals surface area contributed by atoms with Crippen LogP contribution in [0.3, 0.4) is 0 Å². The Bertz CT molecular complexity index is 532. The van der Waals surface area contributed by atoms with E-state index in [4.69, 9.17) is 14.3 Å². The molecule has 7 heteroatoms. The molecule has 21 heavy (non-hydrogen) atoms. The van der Waals surface area contributed by atoms with E-state index in [-0.39, 0.29) is 0 Å². The van der Waals surface area contributed by atoms with Crippen molar-refractivity contribution in [1.29, 1.82) is 0 Å². The fourth-order valence-corrected chi connectivity index (χ4v) is 2.66. The number of nitrogens with one attached hydrogen (secondary N) is 1. The number of esters is 1. The topological polar surface area (TPSA) is 56.8 Å². The third-order valence-electron chi connectivity index (χ3n) is 2.28. The van der Waals surface area contributed by atoms with Crippen molar-refractivity contribution in [3.05, 3.63) is 38.6 Å². The van der Waals surface area contributed by atoms with Crippen molar-refractivity contribution in [3.8, 4) is 5.75 Å². The molecule has 1 rings (SSSR count). The van der Waals surface area contributed by atoms with Gasteiger partial charge in [-0.05, 0) is 64.8 Å². The molecule has 0 aliphatic carbocycles. The van der Waals surface area contributed by atoms with Crippen molar-refractivity contribution in [2.24, 2.45) is 0 Å². The van der Waals surface area contributed by atoms with Crippen LogP contribution in [0.25, 0.3) is 0 Å². The molecule has 0 radical (unpaired) electrons. The van der Waals surface area contributed by atoms with Crippen LogP contribution in [-0.4, -0.2) is 19.2 Å². The zero-order valence-corrected chi connectivity index (χ0v) is 15.2. The van der Waals surface area contributed by atoms with Crippen molar-refractivity contribution in [1.82, 2.24) is 5.48 Å². The molecule has 0 heterocycles. The second kappa shape index (κ2) is 9.07. The highest BCUT2D eigenvalue weighted by Crippen LogP contribution is 2.36. The van der Waals surface area contributed by atoms with Gasteiger partial charge in [0.15, 0.2) is 5.75 Å². The number of hydrogen-bond acceptors (Lipinski definition) is 5. The minimum absolute atomic E-state index is 0.314. The predicted molar refractivity (Wildman–Crippen MR) is 86.9 cm³/mol. The molecule has 1 aromatic rings. The molecule has 5 nitrogen and oxygen atoms in total. The second-order valence-electron chi connectivity index (χ2n) is 3.91. The fourth-order valence-electron chi connectivity index (χ4n) is 1.36. The van der Waals surface area contributed by atoms with Crippen LogP contribution >= 0.6 is 31.9 Å². The molecule has 0 saturated carbocycles. The number of allylic oxidation sites excluding steroid dienone is 1. The Morgan fingerprint density at radius 3 is 2.62 bits per heavy atom. The average molecular weight is 423 g/mol. The summed E-state index contributed by atoms with van der Waals surface area (Å²) in [4.78, 5) is 16.9. The van der Waals surface area contributed by atoms with Gasteiger partial charge in [-0.2, -0.15) is 0 Å². The SMILES string of the molecule is CCONC(C)=COc1c(Br)ccc(C(=O)OCC)c1Br. The van der Waals surface area contributed by atoms with Gasteiger partial charge in [0.05, 0.1) is 33.4 Å². The summed E-state index contributed by atoms with van der Waals surface area (Å²) in [6, 6.07) is 3.39. The third kappa shape index (κ3) is 5.33. The van der Waals surface area contributed by atoms with E-state index < -0.39 is 5.97 Å². The Labute approximate surface area is 140 Å². The lowest BCUT2D eigenvalue weighted by atomic mass is 10.2. The van der Waals surface area contributed by atoms with Gasteiger partial charge in [0, 0.05) is 0 Å². The standard InChI is InChI=1S/C14H17Br2NO4/c1-4-19-14(18)10-6-7-11(15)13(12(10)16)20-8-9(3)17-21-5-2/h6-8,17H,4-5H2,1-3H3. The first-order valence-corrected chi connectivity index (χ1v) is 7.96. The van der Waals surface area contributed by atoms with Crippen molar-refractivity contribution >= 4 is 37.8 Å². The van der Waals surface area contributed by atoms with Crippen LogP contribution in [0.2, 0.25) is 0 Å². The number of rotatable bonds is 7. The van der Waals surface area contributed by atoms with Gasteiger partial charge in [0.1, 0.15) is 6.26 Å². The molecule has 0 aromatic heterocycles. The summed E-state index contributed by atoms with van der Waals surface area (Å²) < 4.78 is 11.8. The fraction of sp³-hybridized carbons (Fsp3) is 0.357. The van der Waals surface area contributed by atoms with Crippen LogP contribution in [0.5, 0.6) is 5.75 Å². The molecule has 116 valence electrons. The molecule has 0 bridgehead atoms. The van der Waals surface area contributed by atoms with Crippen molar-refractivity contribution in [2.45, 2.75) is 20.8 Å². The Balaban J connectivity index is 2.96. The molecule has 0 unspecified atom stereocenters. The minimum Gasteiger partial charge on any atom is -0.462 e. The Morgan fingerprint density at radius 1 is 1.29 bits per heavy atom. The van der Waals surface area contributed by atoms with E-state index in [0.29, 0.717) is 39.2 Å². The number of halogens is 2. The van der Waals surface area contributed by atoms with Gasteiger partial charge in [-0.3, -0.25) is 10.3 Å². The largest absolute Gasteiger partial charge is 0.462 e. The summed E-state index contributed by atoms with van der Waals surface area (Å²) in [5.74, 6) is 0.0769. The molecule has 0 aliphatic heterocycles. The molecular weight excluding hydrogens is 406 g/mol. The molecule has 0 spiro atoms. The Kier molecular flexibility index (Phi) is 7.77. The number of hydrogen-bond donors (Lipinski definition) is 1. The summed E-state index contributed by atoms with van der Waals surface area (Å²) in [6.07, 6.45) is 1.50. The molecule has 0 saturated heterocycles. The zero-order valence-electron chi connectivity index (χ0n) is 12.0. The molecule has 1 N–H and O–H groups in total. The van der Waals surface area contributed by atoms with Gasteiger partial charge in [0.2, 0.25) is 0 Å². The smallest absolute Gasteiger partial charge is 0.339 e. The highest BCUT2D eigenvalue weighted by molar-refractivity contribution is 9.11. The highest BCUT2D eigenvalue weighted by atomic mass is 79.9. The summed E-state index contributed by atoms with van der Waals surface area (Å²) in [5, 5.41) is 0. The van der Waals surface area contributed by atoms with Crippen LogP contribution in [0, 0.1) is 0 Å². The van der Waals surface area contributed by atoms with Crippen LogP contribution < -0.4 is 10.2 Å². The van der Waals surface area contributed by atoms with E-state index in [9.17, 15) is 4.79 Å². The zero-order chi connectivity index (χ0) is 15.8. The lowest BCUT2D eigenvalue weighted by Crippen LogP contribution is -2.12. The maximum absolute atomic E-state index is 11.8. The quantitative estimate of drug-likeness (QED) is 0.406. The van der Waals surface area contributed by atoms with Crippen molar-refractivity contribution in [3.63, 3.8) is 0 Å². The first-order chi connectivity index (χ1) is 10.0. The van der Waals surface area contributed by atoms with Crippen molar-refractivity contribution < 1.29 is 19.1 Å². The van der Waals surface area contributed by atoms with E-state index >= 15 is 0 Å². The lowest BCUT2D eigenvalue weighted by Gasteiger charge is -2.11. The summed E-state index contributed by atoms with van der Waals surface area (Å²) in [5.41, 5.74) is 3.81. The molecular formula is C14H17Br2NO4. The van der Waals surface area contributed by atoms with E-state index in [2.05, 4.69) is 37.3 Å². The minimum atomic E-state index is -0.408. The monoisotopic (exact) mass is 421 g/mol. The van der Waals surface area contributed by atoms with Gasteiger partial charge < -0.3 is 9.47 Å². The van der Waals surface area contributed by atoms with Crippen LogP contribution in [0.1, 0.15) is 31.1 Å². The van der Waals surface area contributed by atoms with Crippen LogP contribution in [0.15, 0.2) is 33.0 Å². The summed E-state index contributed by atoms with van der Waals surface area (Å²) in [7, 11) is 0. The predicted octanol–water partition coefficient (Wildman–Crippen LogP) is 4.17. The first-order valence-electron chi connectivity index (χ1n) is 6.37. The number of hydroxylamine groups is 1. The number of ether oxygens (including phenoxy) is 2. The van der Waals surface area contributed by atoms with E-state index in [1.54, 1.807) is 26.0 Å². The maximum atomic E-state index is 11.8. The molecule has 0 amide bonds. The van der Waals surface area contributed by atoms with Crippen LogP contribution in [-0.2, 0) is 9.57 Å². The summed E-state index contributed by atoms with van der Waals surface area (Å²) >= 11 is 6.75. The highest BCUT2D eigenvalue weighted by Gasteiger charge is 2.17. The second-order valence-corrected chi connectivity index (χ2v) is 5.56. The number of benzene rings is 1. The third-order valence-corrected chi connectivity index (χ3v) is 3.69. The van der Waals surface area contributed by atoms with Gasteiger partial charge in [-0.15, -0.1) is 0 Å². The van der Waals surface area contributed by atoms with Crippen molar-refractivity contribution in [2.75, 3.05) is 13.2 Å². The maximum Gasteiger partial charge on any atom is 0.339 e. The number of carbonyl (C=O) groups excluding carboxylic acids is 1. The van der Waals surface area contributed by atoms with E-state index in [0.717, 1.165) is 0 Å². The molecule has 0 atom stereocenters. The Morgan fingerprint density at radius 2 is 2.00 bits per heavy atom. The first kappa shape index (κ1) is 18.0. The average Bonchev–Trinajstić information content (AvgIpc) is 2.45. The van der Waals surface area contributed by atoms with Crippen LogP contribution in [0.4, 0.5) is 0 Å². The normalized spacial score (nSPS) is 11.2. The van der Waals surface area contributed by atoms with Gasteiger partial charge in [0.25, 0.3) is 0 Å². The number of carbonyl (C=O) groups is 1. The van der Waals surface area contributed by atoms with E-state index in [1.807, 2.05) is 6.92 Å². The Hall–Kier alpha value is -1.05. The molecule has 0 aliphatic rings. The van der Waals surface area contributed by atoms with Gasteiger partial charge in [-0.25, -0.2) is 4.79 Å². The molecule has 1 aromatic carbocycles. The lowest BCUT2D eigenvalue weighted by molar-refractivity contribution is 0.0524.